The van der Waals surface area contributed by atoms with Crippen LogP contribution >= 0.6 is 11.3 Å². The number of fused-ring (bicyclic) bond motifs is 1. The molecule has 0 aliphatic carbocycles. The van der Waals surface area contributed by atoms with Gasteiger partial charge >= 0.3 is 0 Å². The van der Waals surface area contributed by atoms with Gasteiger partial charge in [0.1, 0.15) is 24.7 Å². The zero-order valence-corrected chi connectivity index (χ0v) is 18.8. The molecule has 12 heteroatoms. The minimum Gasteiger partial charge on any atom is -0.487 e. The molecular weight excluding hydrogens is 454 g/mol. The summed E-state index contributed by atoms with van der Waals surface area (Å²) in [4.78, 5) is 14.0. The van der Waals surface area contributed by atoms with Crippen LogP contribution in [-0.2, 0) is 39.6 Å². The number of sulfonamides is 1. The largest absolute Gasteiger partial charge is 0.487 e. The Labute approximate surface area is 188 Å². The van der Waals surface area contributed by atoms with Crippen molar-refractivity contribution in [3.05, 3.63) is 65.5 Å². The molecule has 4 rings (SSSR count). The molecule has 2 aromatic heterocycles. The molecule has 168 valence electrons. The van der Waals surface area contributed by atoms with E-state index in [1.807, 2.05) is 37.4 Å². The van der Waals surface area contributed by atoms with Gasteiger partial charge in [0, 0.05) is 0 Å². The summed E-state index contributed by atoms with van der Waals surface area (Å²) >= 11 is 1.00. The molecule has 0 radical (unpaired) electrons. The molecule has 4 aromatic rings. The van der Waals surface area contributed by atoms with Crippen molar-refractivity contribution < 1.29 is 22.9 Å². The maximum atomic E-state index is 11.5. The molecule has 0 aliphatic heterocycles. The molecule has 2 aromatic carbocycles. The van der Waals surface area contributed by atoms with Crippen molar-refractivity contribution in [1.29, 1.82) is 0 Å². The number of thiazole rings is 1. The Kier molecular flexibility index (Phi) is 6.77. The molecule has 0 unspecified atom stereocenters. The summed E-state index contributed by atoms with van der Waals surface area (Å²) in [5.41, 5.74) is 3.31. The standard InChI is InChI=1S/C20H21N5O5S2/c1-2-29-30-12-15-5-3-14(4-6-15)10-25-11-16(23-24-25)13-28-17-7-8-18-19(9-17)31-20(22-18)32(21,26)27/h3-9,11H,2,10,12-13H2,1H3,(H2,21,26,27). The lowest BCUT2D eigenvalue weighted by atomic mass is 10.1. The number of nitrogens with zero attached hydrogens (tertiary/aromatic N) is 4. The Morgan fingerprint density at radius 2 is 1.84 bits per heavy atom. The van der Waals surface area contributed by atoms with E-state index >= 15 is 0 Å². The molecule has 0 atom stereocenters. The second kappa shape index (κ2) is 9.71. The van der Waals surface area contributed by atoms with E-state index in [1.54, 1.807) is 22.9 Å². The van der Waals surface area contributed by atoms with Crippen LogP contribution in [0.25, 0.3) is 10.2 Å². The van der Waals surface area contributed by atoms with Crippen LogP contribution in [0.1, 0.15) is 23.7 Å². The van der Waals surface area contributed by atoms with Gasteiger partial charge in [-0.1, -0.05) is 29.5 Å². The average molecular weight is 476 g/mol. The Morgan fingerprint density at radius 1 is 1.06 bits per heavy atom. The number of aromatic nitrogens is 4. The number of primary sulfonamides is 1. The predicted molar refractivity (Wildman–Crippen MR) is 117 cm³/mol. The molecule has 32 heavy (non-hydrogen) atoms. The van der Waals surface area contributed by atoms with Crippen LogP contribution in [0, 0.1) is 0 Å². The Bertz CT molecular complexity index is 1300. The van der Waals surface area contributed by atoms with Gasteiger partial charge in [-0.25, -0.2) is 33.0 Å². The number of hydrogen-bond acceptors (Lipinski definition) is 9. The molecule has 2 N–H and O–H groups in total. The van der Waals surface area contributed by atoms with Crippen molar-refractivity contribution in [2.75, 3.05) is 6.61 Å². The third-order valence-electron chi connectivity index (χ3n) is 4.35. The third kappa shape index (κ3) is 5.66. The molecular formula is C20H21N5O5S2. The first-order chi connectivity index (χ1) is 15.4. The van der Waals surface area contributed by atoms with Crippen LogP contribution in [0.2, 0.25) is 0 Å². The lowest BCUT2D eigenvalue weighted by Gasteiger charge is -2.05. The van der Waals surface area contributed by atoms with E-state index in [1.165, 1.54) is 0 Å². The molecule has 0 aliphatic rings. The Hall–Kier alpha value is -2.90. The van der Waals surface area contributed by atoms with Crippen molar-refractivity contribution in [1.82, 2.24) is 20.0 Å². The molecule has 0 fully saturated rings. The van der Waals surface area contributed by atoms with Crippen molar-refractivity contribution in [3.8, 4) is 5.75 Å². The van der Waals surface area contributed by atoms with Crippen LogP contribution in [0.5, 0.6) is 5.75 Å². The summed E-state index contributed by atoms with van der Waals surface area (Å²) in [7, 11) is -3.83. The van der Waals surface area contributed by atoms with Gasteiger partial charge in [0.2, 0.25) is 4.34 Å². The molecule has 0 saturated carbocycles. The fourth-order valence-corrected chi connectivity index (χ4v) is 4.54. The zero-order valence-electron chi connectivity index (χ0n) is 17.2. The number of hydrogen-bond donors (Lipinski definition) is 1. The highest BCUT2D eigenvalue weighted by Gasteiger charge is 2.15. The van der Waals surface area contributed by atoms with Crippen LogP contribution in [0.15, 0.2) is 53.0 Å². The highest BCUT2D eigenvalue weighted by atomic mass is 32.2. The molecule has 0 spiro atoms. The van der Waals surface area contributed by atoms with E-state index in [-0.39, 0.29) is 10.9 Å². The van der Waals surface area contributed by atoms with Gasteiger partial charge in [-0.05, 0) is 36.2 Å². The number of rotatable bonds is 10. The average Bonchev–Trinajstić information content (AvgIpc) is 3.40. The predicted octanol–water partition coefficient (Wildman–Crippen LogP) is 2.63. The van der Waals surface area contributed by atoms with Crippen LogP contribution < -0.4 is 9.88 Å². The quantitative estimate of drug-likeness (QED) is 0.210. The fourth-order valence-electron chi connectivity index (χ4n) is 2.86. The van der Waals surface area contributed by atoms with Crippen molar-refractivity contribution >= 4 is 31.6 Å². The van der Waals surface area contributed by atoms with E-state index in [2.05, 4.69) is 15.3 Å². The van der Waals surface area contributed by atoms with Crippen LogP contribution in [0.3, 0.4) is 0 Å². The second-order valence-corrected chi connectivity index (χ2v) is 9.60. The van der Waals surface area contributed by atoms with Gasteiger partial charge in [0.05, 0.1) is 29.6 Å². The number of nitrogens with two attached hydrogens (primary N) is 1. The van der Waals surface area contributed by atoms with Crippen LogP contribution in [-0.4, -0.2) is 35.0 Å². The van der Waals surface area contributed by atoms with E-state index in [4.69, 9.17) is 19.7 Å². The Morgan fingerprint density at radius 3 is 2.59 bits per heavy atom. The molecule has 0 bridgehead atoms. The summed E-state index contributed by atoms with van der Waals surface area (Å²) in [6, 6.07) is 13.1. The summed E-state index contributed by atoms with van der Waals surface area (Å²) < 4.78 is 31.0. The first-order valence-electron chi connectivity index (χ1n) is 9.68. The summed E-state index contributed by atoms with van der Waals surface area (Å²) in [6.07, 6.45) is 1.82. The van der Waals surface area contributed by atoms with E-state index in [0.29, 0.717) is 41.4 Å². The third-order valence-corrected chi connectivity index (χ3v) is 6.69. The first kappa shape index (κ1) is 22.3. The van der Waals surface area contributed by atoms with Gasteiger partial charge in [0.25, 0.3) is 10.0 Å². The van der Waals surface area contributed by atoms with Crippen molar-refractivity contribution in [2.24, 2.45) is 5.14 Å². The molecule has 0 amide bonds. The minimum atomic E-state index is -3.83. The highest BCUT2D eigenvalue weighted by molar-refractivity contribution is 7.91. The van der Waals surface area contributed by atoms with Crippen molar-refractivity contribution in [3.63, 3.8) is 0 Å². The van der Waals surface area contributed by atoms with Gasteiger partial charge in [-0.3, -0.25) is 0 Å². The Balaban J connectivity index is 1.34. The smallest absolute Gasteiger partial charge is 0.265 e. The summed E-state index contributed by atoms with van der Waals surface area (Å²) in [5.74, 6) is 0.571. The van der Waals surface area contributed by atoms with E-state index in [9.17, 15) is 8.42 Å². The summed E-state index contributed by atoms with van der Waals surface area (Å²) in [6.45, 7) is 3.57. The van der Waals surface area contributed by atoms with Crippen LogP contribution in [0.4, 0.5) is 0 Å². The summed E-state index contributed by atoms with van der Waals surface area (Å²) in [5, 5.41) is 13.4. The molecule has 10 nitrogen and oxygen atoms in total. The fraction of sp³-hybridized carbons (Fsp3) is 0.250. The normalized spacial score (nSPS) is 11.8. The zero-order chi connectivity index (χ0) is 22.6. The lowest BCUT2D eigenvalue weighted by Crippen LogP contribution is -2.11. The monoisotopic (exact) mass is 475 g/mol. The highest BCUT2D eigenvalue weighted by Crippen LogP contribution is 2.28. The minimum absolute atomic E-state index is 0.123. The lowest BCUT2D eigenvalue weighted by molar-refractivity contribution is -0.300. The van der Waals surface area contributed by atoms with Gasteiger partial charge < -0.3 is 4.74 Å². The van der Waals surface area contributed by atoms with Gasteiger partial charge in [-0.15, -0.1) is 16.4 Å². The number of ether oxygens (including phenoxy) is 1. The molecule has 0 saturated heterocycles. The maximum Gasteiger partial charge on any atom is 0.265 e. The molecule has 2 heterocycles. The number of benzene rings is 2. The van der Waals surface area contributed by atoms with E-state index in [0.717, 1.165) is 22.5 Å². The first-order valence-corrected chi connectivity index (χ1v) is 12.0. The topological polar surface area (TPSA) is 131 Å². The second-order valence-electron chi connectivity index (χ2n) is 6.84. The van der Waals surface area contributed by atoms with Gasteiger partial charge in [-0.2, -0.15) is 0 Å². The van der Waals surface area contributed by atoms with E-state index < -0.39 is 10.0 Å². The van der Waals surface area contributed by atoms with Crippen molar-refractivity contribution in [2.45, 2.75) is 31.0 Å². The van der Waals surface area contributed by atoms with Gasteiger partial charge in [0.15, 0.2) is 0 Å². The maximum absolute atomic E-state index is 11.5. The SMILES string of the molecule is CCOOCc1ccc(Cn2cc(COc3ccc4nc(S(N)(=O)=O)sc4c3)nn2)cc1.